The lowest BCUT2D eigenvalue weighted by Crippen LogP contribution is -2.46. The lowest BCUT2D eigenvalue weighted by atomic mass is 10.1. The van der Waals surface area contributed by atoms with E-state index < -0.39 is 0 Å². The molecule has 3 aromatic heterocycles. The van der Waals surface area contributed by atoms with Crippen LogP contribution in [0.2, 0.25) is 0 Å². The van der Waals surface area contributed by atoms with E-state index in [1.807, 2.05) is 6.20 Å². The number of nitrogens with zero attached hydrogens (tertiary/aromatic N) is 5. The average molecular weight is 432 g/mol. The summed E-state index contributed by atoms with van der Waals surface area (Å²) < 4.78 is 11.4. The van der Waals surface area contributed by atoms with Crippen molar-refractivity contribution in [3.8, 4) is 11.4 Å². The van der Waals surface area contributed by atoms with Crippen LogP contribution in [0.25, 0.3) is 33.5 Å². The van der Waals surface area contributed by atoms with Crippen LogP contribution in [-0.4, -0.2) is 76.5 Å². The lowest BCUT2D eigenvalue weighted by Gasteiger charge is -2.36. The van der Waals surface area contributed by atoms with Gasteiger partial charge in [0, 0.05) is 35.8 Å². The number of nitrogens with one attached hydrogen (secondary N) is 2. The Morgan fingerprint density at radius 1 is 0.938 bits per heavy atom. The lowest BCUT2D eigenvalue weighted by molar-refractivity contribution is 0.0903. The molecule has 0 spiro atoms. The summed E-state index contributed by atoms with van der Waals surface area (Å²) in [6.07, 6.45) is 4.22. The highest BCUT2D eigenvalue weighted by molar-refractivity contribution is 5.96. The molecule has 4 aromatic rings. The third-order valence-electron chi connectivity index (χ3n) is 6.94. The van der Waals surface area contributed by atoms with E-state index >= 15 is 0 Å². The Morgan fingerprint density at radius 2 is 1.78 bits per heavy atom. The number of benzene rings is 1. The van der Waals surface area contributed by atoms with Gasteiger partial charge in [-0.3, -0.25) is 0 Å². The molecule has 6 heterocycles. The van der Waals surface area contributed by atoms with Gasteiger partial charge in [0.2, 0.25) is 5.95 Å². The number of hydrogen-bond acceptors (Lipinski definition) is 7. The van der Waals surface area contributed by atoms with Crippen molar-refractivity contribution in [1.29, 1.82) is 0 Å². The SMILES string of the molecule is c1cc(-c2nc3c(N4C5CCC4COC5)nc(N4CCOCC4)nc3[nH]2)c2cc[nH]c2c1. The van der Waals surface area contributed by atoms with Crippen LogP contribution in [0.1, 0.15) is 12.8 Å². The Hall–Kier alpha value is -3.17. The molecule has 2 bridgehead atoms. The molecule has 32 heavy (non-hydrogen) atoms. The number of imidazole rings is 1. The van der Waals surface area contributed by atoms with E-state index in [0.29, 0.717) is 25.3 Å². The van der Waals surface area contributed by atoms with Gasteiger partial charge in [-0.1, -0.05) is 12.1 Å². The van der Waals surface area contributed by atoms with E-state index in [2.05, 4.69) is 44.0 Å². The number of anilines is 2. The van der Waals surface area contributed by atoms with Crippen LogP contribution < -0.4 is 9.80 Å². The molecule has 3 saturated heterocycles. The molecule has 1 aromatic carbocycles. The van der Waals surface area contributed by atoms with E-state index in [0.717, 1.165) is 84.4 Å². The van der Waals surface area contributed by atoms with Crippen molar-refractivity contribution in [2.24, 2.45) is 0 Å². The third-order valence-corrected chi connectivity index (χ3v) is 6.94. The molecular formula is C23H25N7O2. The number of aromatic amines is 2. The zero-order valence-corrected chi connectivity index (χ0v) is 17.8. The van der Waals surface area contributed by atoms with Gasteiger partial charge >= 0.3 is 0 Å². The molecule has 0 saturated carbocycles. The van der Waals surface area contributed by atoms with Crippen LogP contribution in [0.5, 0.6) is 0 Å². The molecule has 0 radical (unpaired) electrons. The van der Waals surface area contributed by atoms with Gasteiger partial charge in [-0.05, 0) is 25.0 Å². The van der Waals surface area contributed by atoms with Gasteiger partial charge in [0.05, 0.1) is 38.5 Å². The summed E-state index contributed by atoms with van der Waals surface area (Å²) in [5, 5.41) is 1.14. The van der Waals surface area contributed by atoms with Crippen molar-refractivity contribution in [1.82, 2.24) is 24.9 Å². The number of fused-ring (bicyclic) bond motifs is 4. The second-order valence-electron chi connectivity index (χ2n) is 8.80. The summed E-state index contributed by atoms with van der Waals surface area (Å²) in [6.45, 7) is 4.48. The van der Waals surface area contributed by atoms with Crippen LogP contribution in [0.3, 0.4) is 0 Å². The highest BCUT2D eigenvalue weighted by Crippen LogP contribution is 2.38. The maximum atomic E-state index is 5.84. The molecule has 2 N–H and O–H groups in total. The first-order valence-corrected chi connectivity index (χ1v) is 11.4. The first-order chi connectivity index (χ1) is 15.8. The van der Waals surface area contributed by atoms with Crippen molar-refractivity contribution in [3.63, 3.8) is 0 Å². The fourth-order valence-corrected chi connectivity index (χ4v) is 5.35. The fraction of sp³-hybridized carbons (Fsp3) is 0.435. The number of hydrogen-bond donors (Lipinski definition) is 2. The Bertz CT molecular complexity index is 1280. The summed E-state index contributed by atoms with van der Waals surface area (Å²) in [7, 11) is 0. The minimum atomic E-state index is 0.345. The van der Waals surface area contributed by atoms with Crippen LogP contribution in [-0.2, 0) is 9.47 Å². The van der Waals surface area contributed by atoms with Gasteiger partial charge in [-0.25, -0.2) is 4.98 Å². The van der Waals surface area contributed by atoms with Crippen molar-refractivity contribution in [3.05, 3.63) is 30.5 Å². The molecule has 164 valence electrons. The predicted octanol–water partition coefficient (Wildman–Crippen LogP) is 2.71. The zero-order chi connectivity index (χ0) is 21.1. The van der Waals surface area contributed by atoms with E-state index in [9.17, 15) is 0 Å². The van der Waals surface area contributed by atoms with Gasteiger partial charge in [0.15, 0.2) is 17.0 Å². The molecule has 9 heteroatoms. The molecule has 2 atom stereocenters. The van der Waals surface area contributed by atoms with E-state index in [1.165, 1.54) is 0 Å². The predicted molar refractivity (Wildman–Crippen MR) is 122 cm³/mol. The van der Waals surface area contributed by atoms with Crippen LogP contribution in [0.4, 0.5) is 11.8 Å². The largest absolute Gasteiger partial charge is 0.378 e. The van der Waals surface area contributed by atoms with Crippen LogP contribution in [0.15, 0.2) is 30.5 Å². The topological polar surface area (TPSA) is 95.2 Å². The molecular weight excluding hydrogens is 406 g/mol. The number of aromatic nitrogens is 5. The second-order valence-corrected chi connectivity index (χ2v) is 8.80. The number of morpholine rings is 2. The molecule has 0 aliphatic carbocycles. The first kappa shape index (κ1) is 18.4. The number of rotatable bonds is 3. The molecule has 2 unspecified atom stereocenters. The van der Waals surface area contributed by atoms with Crippen molar-refractivity contribution in [2.75, 3.05) is 49.3 Å². The molecule has 7 rings (SSSR count). The number of ether oxygens (including phenoxy) is 2. The minimum absolute atomic E-state index is 0.345. The molecule has 9 nitrogen and oxygen atoms in total. The van der Waals surface area contributed by atoms with Gasteiger partial charge in [0.1, 0.15) is 5.82 Å². The van der Waals surface area contributed by atoms with Crippen molar-refractivity contribution in [2.45, 2.75) is 24.9 Å². The second kappa shape index (κ2) is 7.18. The molecule has 3 fully saturated rings. The summed E-state index contributed by atoms with van der Waals surface area (Å²) in [5.41, 5.74) is 3.77. The summed E-state index contributed by atoms with van der Waals surface area (Å²) in [4.78, 5) is 26.5. The Morgan fingerprint density at radius 3 is 2.62 bits per heavy atom. The van der Waals surface area contributed by atoms with E-state index in [1.54, 1.807) is 0 Å². The Balaban J connectivity index is 1.41. The van der Waals surface area contributed by atoms with E-state index in [-0.39, 0.29) is 0 Å². The quantitative estimate of drug-likeness (QED) is 0.515. The smallest absolute Gasteiger partial charge is 0.229 e. The Labute approximate surface area is 184 Å². The van der Waals surface area contributed by atoms with Gasteiger partial charge in [0.25, 0.3) is 0 Å². The van der Waals surface area contributed by atoms with Gasteiger partial charge < -0.3 is 29.2 Å². The van der Waals surface area contributed by atoms with Gasteiger partial charge in [-0.15, -0.1) is 0 Å². The molecule has 3 aliphatic rings. The average Bonchev–Trinajstić information content (AvgIpc) is 3.54. The maximum absolute atomic E-state index is 5.84. The standard InChI is InChI=1S/C23H25N7O2/c1-2-17(16-6-7-24-18(16)3-1)20-25-19-21(26-20)27-23(29-8-10-31-11-9-29)28-22(19)30-14-4-5-15(30)13-32-12-14/h1-3,6-7,14-15,24H,4-5,8-13H2,(H,25,26,27,28). The highest BCUT2D eigenvalue weighted by Gasteiger charge is 2.40. The third kappa shape index (κ3) is 2.81. The van der Waals surface area contributed by atoms with Crippen molar-refractivity contribution >= 4 is 33.8 Å². The summed E-state index contributed by atoms with van der Waals surface area (Å²) in [5.74, 6) is 2.49. The van der Waals surface area contributed by atoms with Crippen molar-refractivity contribution < 1.29 is 9.47 Å². The fourth-order valence-electron chi connectivity index (χ4n) is 5.35. The Kier molecular flexibility index (Phi) is 4.13. The monoisotopic (exact) mass is 431 g/mol. The first-order valence-electron chi connectivity index (χ1n) is 11.4. The number of H-pyrrole nitrogens is 2. The highest BCUT2D eigenvalue weighted by atomic mass is 16.5. The summed E-state index contributed by atoms with van der Waals surface area (Å²) in [6, 6.07) is 9.01. The van der Waals surface area contributed by atoms with Crippen LogP contribution >= 0.6 is 0 Å². The molecule has 0 amide bonds. The normalized spacial score (nSPS) is 23.5. The van der Waals surface area contributed by atoms with Crippen LogP contribution in [0, 0.1) is 0 Å². The van der Waals surface area contributed by atoms with Gasteiger partial charge in [-0.2, -0.15) is 9.97 Å². The molecule has 3 aliphatic heterocycles. The van der Waals surface area contributed by atoms with E-state index in [4.69, 9.17) is 24.4 Å². The zero-order valence-electron chi connectivity index (χ0n) is 17.8. The minimum Gasteiger partial charge on any atom is -0.378 e. The summed E-state index contributed by atoms with van der Waals surface area (Å²) >= 11 is 0. The maximum Gasteiger partial charge on any atom is 0.229 e.